The largest absolute Gasteiger partial charge is 0.326 e. The SMILES string of the molecule is CC(=O)Nc1ccc(C(=O)Cn2nc(-c3ccccc3F)ccc2=O)cc1. The number of Topliss-reactive ketones (excluding diaryl/α,β-unsaturated/α-hetero) is 1. The van der Waals surface area contributed by atoms with E-state index in [9.17, 15) is 18.8 Å². The molecule has 7 heteroatoms. The molecule has 0 aliphatic heterocycles. The van der Waals surface area contributed by atoms with Crippen LogP contribution >= 0.6 is 0 Å². The highest BCUT2D eigenvalue weighted by Crippen LogP contribution is 2.19. The summed E-state index contributed by atoms with van der Waals surface area (Å²) in [5, 5.41) is 6.72. The van der Waals surface area contributed by atoms with Crippen molar-refractivity contribution < 1.29 is 14.0 Å². The summed E-state index contributed by atoms with van der Waals surface area (Å²) in [6.07, 6.45) is 0. The Balaban J connectivity index is 1.84. The Morgan fingerprint density at radius 2 is 1.74 bits per heavy atom. The van der Waals surface area contributed by atoms with Crippen molar-refractivity contribution in [3.8, 4) is 11.3 Å². The predicted molar refractivity (Wildman–Crippen MR) is 99.0 cm³/mol. The maximum Gasteiger partial charge on any atom is 0.267 e. The number of hydrogen-bond donors (Lipinski definition) is 1. The first-order valence-electron chi connectivity index (χ1n) is 8.18. The molecule has 1 N–H and O–H groups in total. The lowest BCUT2D eigenvalue weighted by Gasteiger charge is -2.08. The van der Waals surface area contributed by atoms with Crippen molar-refractivity contribution in [2.45, 2.75) is 13.5 Å². The molecule has 0 radical (unpaired) electrons. The first-order chi connectivity index (χ1) is 12.9. The molecule has 0 atom stereocenters. The molecule has 1 heterocycles. The third-order valence-electron chi connectivity index (χ3n) is 3.84. The summed E-state index contributed by atoms with van der Waals surface area (Å²) in [5.74, 6) is -1.01. The van der Waals surface area contributed by atoms with E-state index in [1.165, 1.54) is 25.1 Å². The Kier molecular flexibility index (Phi) is 5.21. The number of amides is 1. The van der Waals surface area contributed by atoms with E-state index in [0.717, 1.165) is 4.68 Å². The van der Waals surface area contributed by atoms with Gasteiger partial charge in [0.05, 0.1) is 5.69 Å². The van der Waals surface area contributed by atoms with E-state index in [4.69, 9.17) is 0 Å². The van der Waals surface area contributed by atoms with E-state index >= 15 is 0 Å². The predicted octanol–water partition coefficient (Wildman–Crippen LogP) is 2.89. The Bertz CT molecular complexity index is 1060. The highest BCUT2D eigenvalue weighted by molar-refractivity contribution is 5.96. The molecule has 3 aromatic rings. The van der Waals surface area contributed by atoms with Gasteiger partial charge in [0.1, 0.15) is 12.4 Å². The van der Waals surface area contributed by atoms with Crippen LogP contribution < -0.4 is 10.9 Å². The quantitative estimate of drug-likeness (QED) is 0.705. The Morgan fingerprint density at radius 3 is 2.41 bits per heavy atom. The number of carbonyl (C=O) groups is 2. The molecule has 0 bridgehead atoms. The number of anilines is 1. The molecule has 2 aromatic carbocycles. The van der Waals surface area contributed by atoms with E-state index < -0.39 is 11.4 Å². The molecule has 0 saturated carbocycles. The van der Waals surface area contributed by atoms with Crippen LogP contribution in [0.3, 0.4) is 0 Å². The van der Waals surface area contributed by atoms with Crippen molar-refractivity contribution in [3.05, 3.63) is 82.4 Å². The summed E-state index contributed by atoms with van der Waals surface area (Å²) >= 11 is 0. The van der Waals surface area contributed by atoms with Crippen LogP contribution in [0.25, 0.3) is 11.3 Å². The van der Waals surface area contributed by atoms with Gasteiger partial charge in [-0.3, -0.25) is 14.4 Å². The monoisotopic (exact) mass is 365 g/mol. The van der Waals surface area contributed by atoms with Gasteiger partial charge in [0.2, 0.25) is 5.91 Å². The molecule has 27 heavy (non-hydrogen) atoms. The summed E-state index contributed by atoms with van der Waals surface area (Å²) in [5.41, 5.74) is 0.989. The molecular formula is C20H16FN3O3. The maximum atomic E-state index is 13.9. The lowest BCUT2D eigenvalue weighted by Crippen LogP contribution is -2.26. The van der Waals surface area contributed by atoms with Crippen molar-refractivity contribution >= 4 is 17.4 Å². The van der Waals surface area contributed by atoms with E-state index in [1.54, 1.807) is 42.5 Å². The fraction of sp³-hybridized carbons (Fsp3) is 0.100. The minimum atomic E-state index is -0.463. The van der Waals surface area contributed by atoms with Crippen molar-refractivity contribution in [2.24, 2.45) is 0 Å². The minimum Gasteiger partial charge on any atom is -0.326 e. The van der Waals surface area contributed by atoms with E-state index in [1.807, 2.05) is 0 Å². The third kappa shape index (κ3) is 4.33. The molecular weight excluding hydrogens is 349 g/mol. The van der Waals surface area contributed by atoms with Gasteiger partial charge in [-0.2, -0.15) is 5.10 Å². The summed E-state index contributed by atoms with van der Waals surface area (Å²) in [6, 6.07) is 15.1. The van der Waals surface area contributed by atoms with Crippen molar-refractivity contribution in [1.29, 1.82) is 0 Å². The normalized spacial score (nSPS) is 10.4. The number of nitrogens with one attached hydrogen (secondary N) is 1. The van der Waals surface area contributed by atoms with Gasteiger partial charge in [-0.25, -0.2) is 9.07 Å². The van der Waals surface area contributed by atoms with Crippen LogP contribution in [-0.4, -0.2) is 21.5 Å². The van der Waals surface area contributed by atoms with Gasteiger partial charge in [-0.05, 0) is 42.5 Å². The summed E-state index contributed by atoms with van der Waals surface area (Å²) in [4.78, 5) is 35.5. The van der Waals surface area contributed by atoms with Gasteiger partial charge in [0.25, 0.3) is 5.56 Å². The lowest BCUT2D eigenvalue weighted by molar-refractivity contribution is -0.114. The fourth-order valence-electron chi connectivity index (χ4n) is 2.54. The molecule has 6 nitrogen and oxygen atoms in total. The molecule has 0 spiro atoms. The van der Waals surface area contributed by atoms with Gasteiger partial charge in [0.15, 0.2) is 5.78 Å². The zero-order chi connectivity index (χ0) is 19.4. The topological polar surface area (TPSA) is 81.1 Å². The zero-order valence-electron chi connectivity index (χ0n) is 14.5. The van der Waals surface area contributed by atoms with Crippen LogP contribution in [0.1, 0.15) is 17.3 Å². The second kappa shape index (κ2) is 7.74. The molecule has 0 fully saturated rings. The van der Waals surface area contributed by atoms with Crippen LogP contribution in [-0.2, 0) is 11.3 Å². The smallest absolute Gasteiger partial charge is 0.267 e. The number of ketones is 1. The molecule has 1 amide bonds. The minimum absolute atomic E-state index is 0.213. The van der Waals surface area contributed by atoms with Crippen molar-refractivity contribution in [3.63, 3.8) is 0 Å². The van der Waals surface area contributed by atoms with E-state index in [2.05, 4.69) is 10.4 Å². The molecule has 0 aliphatic carbocycles. The number of nitrogens with zero attached hydrogens (tertiary/aromatic N) is 2. The van der Waals surface area contributed by atoms with Crippen LogP contribution in [0, 0.1) is 5.82 Å². The Morgan fingerprint density at radius 1 is 1.04 bits per heavy atom. The number of aromatic nitrogens is 2. The molecule has 1 aromatic heterocycles. The third-order valence-corrected chi connectivity index (χ3v) is 3.84. The second-order valence-corrected chi connectivity index (χ2v) is 5.88. The summed E-state index contributed by atoms with van der Waals surface area (Å²) in [6.45, 7) is 1.11. The first kappa shape index (κ1) is 18.2. The van der Waals surface area contributed by atoms with Gasteiger partial charge >= 0.3 is 0 Å². The average Bonchev–Trinajstić information content (AvgIpc) is 2.64. The maximum absolute atomic E-state index is 13.9. The molecule has 0 unspecified atom stereocenters. The molecule has 136 valence electrons. The Hall–Kier alpha value is -3.61. The molecule has 0 saturated heterocycles. The highest BCUT2D eigenvalue weighted by atomic mass is 19.1. The average molecular weight is 365 g/mol. The first-order valence-corrected chi connectivity index (χ1v) is 8.18. The van der Waals surface area contributed by atoms with Crippen molar-refractivity contribution in [2.75, 3.05) is 5.32 Å². The van der Waals surface area contributed by atoms with Crippen LogP contribution in [0.4, 0.5) is 10.1 Å². The standard InChI is InChI=1S/C20H16FN3O3/c1-13(25)22-15-8-6-14(7-9-15)19(26)12-24-20(27)11-10-18(23-24)16-4-2-3-5-17(16)21/h2-11H,12H2,1H3,(H,22,25). The number of carbonyl (C=O) groups excluding carboxylic acids is 2. The zero-order valence-corrected chi connectivity index (χ0v) is 14.5. The molecule has 0 aliphatic rings. The number of rotatable bonds is 5. The molecule has 3 rings (SSSR count). The Labute approximate surface area is 154 Å². The van der Waals surface area contributed by atoms with Gasteiger partial charge < -0.3 is 5.32 Å². The van der Waals surface area contributed by atoms with Crippen molar-refractivity contribution in [1.82, 2.24) is 9.78 Å². The number of benzene rings is 2. The number of hydrogen-bond acceptors (Lipinski definition) is 4. The van der Waals surface area contributed by atoms with Gasteiger partial charge in [-0.15, -0.1) is 0 Å². The lowest BCUT2D eigenvalue weighted by atomic mass is 10.1. The van der Waals surface area contributed by atoms with Crippen LogP contribution in [0.15, 0.2) is 65.5 Å². The van der Waals surface area contributed by atoms with Gasteiger partial charge in [0, 0.05) is 29.8 Å². The van der Waals surface area contributed by atoms with Gasteiger partial charge in [-0.1, -0.05) is 12.1 Å². The summed E-state index contributed by atoms with van der Waals surface area (Å²) < 4.78 is 14.9. The second-order valence-electron chi connectivity index (χ2n) is 5.88. The van der Waals surface area contributed by atoms with Crippen LogP contribution in [0.5, 0.6) is 0 Å². The number of halogens is 1. The summed E-state index contributed by atoms with van der Waals surface area (Å²) in [7, 11) is 0. The van der Waals surface area contributed by atoms with E-state index in [0.29, 0.717) is 11.3 Å². The van der Waals surface area contributed by atoms with Crippen LogP contribution in [0.2, 0.25) is 0 Å². The van der Waals surface area contributed by atoms with E-state index in [-0.39, 0.29) is 29.5 Å². The fourth-order valence-corrected chi connectivity index (χ4v) is 2.54. The highest BCUT2D eigenvalue weighted by Gasteiger charge is 2.12.